The van der Waals surface area contributed by atoms with Gasteiger partial charge in [0.2, 0.25) is 0 Å². The first-order valence-corrected chi connectivity index (χ1v) is 6.72. The van der Waals surface area contributed by atoms with E-state index < -0.39 is 0 Å². The molecule has 2 rings (SSSR count). The normalized spacial score (nSPS) is 22.3. The maximum atomic E-state index is 6.21. The van der Waals surface area contributed by atoms with Crippen LogP contribution in [0.3, 0.4) is 0 Å². The summed E-state index contributed by atoms with van der Waals surface area (Å²) in [5.41, 5.74) is 1.21. The fourth-order valence-corrected chi connectivity index (χ4v) is 2.78. The minimum Gasteiger partial charge on any atom is -0.312 e. The Kier molecular flexibility index (Phi) is 4.25. The van der Waals surface area contributed by atoms with Gasteiger partial charge in [0, 0.05) is 41.7 Å². The molecule has 0 radical (unpaired) electrons. The molecule has 1 aliphatic rings. The van der Waals surface area contributed by atoms with Gasteiger partial charge in [0.1, 0.15) is 0 Å². The van der Waals surface area contributed by atoms with Crippen molar-refractivity contribution in [3.05, 3.63) is 33.3 Å². The van der Waals surface area contributed by atoms with E-state index in [0.717, 1.165) is 35.7 Å². The number of hydrogen-bond donors (Lipinski definition) is 1. The molecule has 0 bridgehead atoms. The monoisotopic (exact) mass is 302 g/mol. The van der Waals surface area contributed by atoms with Gasteiger partial charge in [-0.1, -0.05) is 33.6 Å². The Morgan fingerprint density at radius 2 is 2.38 bits per heavy atom. The number of nitrogens with one attached hydrogen (secondary N) is 1. The van der Waals surface area contributed by atoms with Crippen molar-refractivity contribution in [3.63, 3.8) is 0 Å². The van der Waals surface area contributed by atoms with E-state index in [4.69, 9.17) is 11.6 Å². The maximum Gasteiger partial charge on any atom is 0.0462 e. The van der Waals surface area contributed by atoms with Crippen molar-refractivity contribution in [2.24, 2.45) is 0 Å². The van der Waals surface area contributed by atoms with Crippen LogP contribution in [0.25, 0.3) is 0 Å². The molecule has 1 N–H and O–H groups in total. The van der Waals surface area contributed by atoms with E-state index in [1.165, 1.54) is 5.56 Å². The molecule has 0 saturated carbocycles. The number of nitrogens with zero attached hydrogens (tertiary/aromatic N) is 1. The Morgan fingerprint density at radius 1 is 1.56 bits per heavy atom. The average Bonchev–Trinajstić information content (AvgIpc) is 2.22. The fraction of sp³-hybridized carbons (Fsp3) is 0.500. The first kappa shape index (κ1) is 12.4. The quantitative estimate of drug-likeness (QED) is 0.904. The third-order valence-corrected chi connectivity index (χ3v) is 3.71. The van der Waals surface area contributed by atoms with Crippen LogP contribution in [0.1, 0.15) is 12.5 Å². The van der Waals surface area contributed by atoms with Gasteiger partial charge >= 0.3 is 0 Å². The van der Waals surface area contributed by atoms with Gasteiger partial charge in [-0.05, 0) is 24.6 Å². The van der Waals surface area contributed by atoms with Crippen LogP contribution in [0.5, 0.6) is 0 Å². The lowest BCUT2D eigenvalue weighted by atomic mass is 10.1. The molecule has 1 aliphatic heterocycles. The Morgan fingerprint density at radius 3 is 3.06 bits per heavy atom. The van der Waals surface area contributed by atoms with Crippen LogP contribution >= 0.6 is 27.5 Å². The molecule has 0 amide bonds. The summed E-state index contributed by atoms with van der Waals surface area (Å²) >= 11 is 9.64. The van der Waals surface area contributed by atoms with E-state index in [1.807, 2.05) is 12.1 Å². The summed E-state index contributed by atoms with van der Waals surface area (Å²) in [6, 6.07) is 6.68. The van der Waals surface area contributed by atoms with Gasteiger partial charge in [-0.25, -0.2) is 0 Å². The first-order chi connectivity index (χ1) is 7.65. The topological polar surface area (TPSA) is 15.3 Å². The molecule has 1 atom stereocenters. The summed E-state index contributed by atoms with van der Waals surface area (Å²) in [6.45, 7) is 6.41. The summed E-state index contributed by atoms with van der Waals surface area (Å²) in [7, 11) is 0. The van der Waals surface area contributed by atoms with Crippen LogP contribution < -0.4 is 5.32 Å². The second-order valence-electron chi connectivity index (χ2n) is 4.33. The van der Waals surface area contributed by atoms with Crippen LogP contribution in [-0.4, -0.2) is 30.6 Å². The lowest BCUT2D eigenvalue weighted by molar-refractivity contribution is 0.199. The van der Waals surface area contributed by atoms with Gasteiger partial charge in [-0.2, -0.15) is 0 Å². The molecule has 16 heavy (non-hydrogen) atoms. The molecule has 1 aromatic carbocycles. The van der Waals surface area contributed by atoms with E-state index >= 15 is 0 Å². The Balaban J connectivity index is 2.02. The van der Waals surface area contributed by atoms with E-state index in [1.54, 1.807) is 0 Å². The molecule has 2 nitrogen and oxygen atoms in total. The number of rotatable bonds is 2. The molecule has 1 aromatic rings. The molecule has 4 heteroatoms. The molecular formula is C12H16BrClN2. The van der Waals surface area contributed by atoms with E-state index in [9.17, 15) is 0 Å². The van der Waals surface area contributed by atoms with Crippen molar-refractivity contribution in [2.75, 3.05) is 19.6 Å². The average molecular weight is 304 g/mol. The number of hydrogen-bond acceptors (Lipinski definition) is 2. The fourth-order valence-electron chi connectivity index (χ4n) is 2.05. The molecule has 0 unspecified atom stereocenters. The predicted molar refractivity (Wildman–Crippen MR) is 71.9 cm³/mol. The summed E-state index contributed by atoms with van der Waals surface area (Å²) in [6.07, 6.45) is 0. The second-order valence-corrected chi connectivity index (χ2v) is 5.65. The standard InChI is InChI=1S/C12H16BrClN2/c1-9-7-16(5-4-15-9)8-10-2-3-11(13)6-12(10)14/h2-3,6,9,15H,4-5,7-8H2,1H3/t9-/m1/s1. The van der Waals surface area contributed by atoms with Crippen LogP contribution in [0, 0.1) is 0 Å². The Bertz CT molecular complexity index is 370. The van der Waals surface area contributed by atoms with Crippen molar-refractivity contribution in [1.29, 1.82) is 0 Å². The van der Waals surface area contributed by atoms with Crippen LogP contribution in [0.2, 0.25) is 5.02 Å². The molecule has 1 fully saturated rings. The highest BCUT2D eigenvalue weighted by atomic mass is 79.9. The molecule has 88 valence electrons. The molecule has 1 saturated heterocycles. The third kappa shape index (κ3) is 3.20. The molecule has 0 spiro atoms. The highest BCUT2D eigenvalue weighted by Crippen LogP contribution is 2.22. The second kappa shape index (κ2) is 5.50. The van der Waals surface area contributed by atoms with E-state index in [2.05, 4.69) is 39.1 Å². The summed E-state index contributed by atoms with van der Waals surface area (Å²) in [5, 5.41) is 4.29. The Hall–Kier alpha value is -0.0900. The van der Waals surface area contributed by atoms with Crippen LogP contribution in [-0.2, 0) is 6.54 Å². The number of halogens is 2. The van der Waals surface area contributed by atoms with Gasteiger partial charge in [-0.3, -0.25) is 4.90 Å². The molecular weight excluding hydrogens is 288 g/mol. The number of piperazine rings is 1. The molecule has 1 heterocycles. The SMILES string of the molecule is C[C@@H]1CN(Cc2ccc(Br)cc2Cl)CCN1. The highest BCUT2D eigenvalue weighted by molar-refractivity contribution is 9.10. The van der Waals surface area contributed by atoms with Gasteiger partial charge in [0.15, 0.2) is 0 Å². The smallest absolute Gasteiger partial charge is 0.0462 e. The zero-order valence-electron chi connectivity index (χ0n) is 9.34. The summed E-state index contributed by atoms with van der Waals surface area (Å²) in [4.78, 5) is 2.44. The van der Waals surface area contributed by atoms with Crippen molar-refractivity contribution in [3.8, 4) is 0 Å². The highest BCUT2D eigenvalue weighted by Gasteiger charge is 2.16. The van der Waals surface area contributed by atoms with Crippen molar-refractivity contribution in [2.45, 2.75) is 19.5 Å². The van der Waals surface area contributed by atoms with Crippen molar-refractivity contribution < 1.29 is 0 Å². The molecule has 0 aliphatic carbocycles. The number of benzene rings is 1. The van der Waals surface area contributed by atoms with Crippen molar-refractivity contribution in [1.82, 2.24) is 10.2 Å². The minimum absolute atomic E-state index is 0.572. The van der Waals surface area contributed by atoms with Gasteiger partial charge in [0.05, 0.1) is 0 Å². The summed E-state index contributed by atoms with van der Waals surface area (Å²) in [5.74, 6) is 0. The lowest BCUT2D eigenvalue weighted by Gasteiger charge is -2.32. The summed E-state index contributed by atoms with van der Waals surface area (Å²) < 4.78 is 1.04. The zero-order valence-corrected chi connectivity index (χ0v) is 11.7. The van der Waals surface area contributed by atoms with Crippen LogP contribution in [0.15, 0.2) is 22.7 Å². The molecule has 0 aromatic heterocycles. The van der Waals surface area contributed by atoms with Gasteiger partial charge < -0.3 is 5.32 Å². The maximum absolute atomic E-state index is 6.21. The van der Waals surface area contributed by atoms with Gasteiger partial charge in [0.25, 0.3) is 0 Å². The van der Waals surface area contributed by atoms with E-state index in [-0.39, 0.29) is 0 Å². The zero-order chi connectivity index (χ0) is 11.5. The van der Waals surface area contributed by atoms with E-state index in [0.29, 0.717) is 6.04 Å². The predicted octanol–water partition coefficient (Wildman–Crippen LogP) is 2.90. The lowest BCUT2D eigenvalue weighted by Crippen LogP contribution is -2.48. The minimum atomic E-state index is 0.572. The largest absolute Gasteiger partial charge is 0.312 e. The first-order valence-electron chi connectivity index (χ1n) is 5.55. The van der Waals surface area contributed by atoms with Gasteiger partial charge in [-0.15, -0.1) is 0 Å². The van der Waals surface area contributed by atoms with Crippen LogP contribution in [0.4, 0.5) is 0 Å². The third-order valence-electron chi connectivity index (χ3n) is 2.86. The Labute approximate surface area is 110 Å². The van der Waals surface area contributed by atoms with Crippen molar-refractivity contribution >= 4 is 27.5 Å².